The fourth-order valence-corrected chi connectivity index (χ4v) is 11.6. The molecule has 2 fully saturated rings. The Labute approximate surface area is 144 Å². The van der Waals surface area contributed by atoms with Crippen LogP contribution in [-0.4, -0.2) is 47.4 Å². The lowest BCUT2D eigenvalue weighted by Crippen LogP contribution is -2.39. The molecular formula is C11H20S7. The van der Waals surface area contributed by atoms with Crippen molar-refractivity contribution in [2.75, 3.05) is 23.0 Å². The monoisotopic (exact) mass is 376 g/mol. The van der Waals surface area contributed by atoms with Gasteiger partial charge in [0.2, 0.25) is 0 Å². The quantitative estimate of drug-likeness (QED) is 0.613. The highest BCUT2D eigenvalue weighted by Gasteiger charge is 2.48. The average molecular weight is 377 g/mol. The maximum absolute atomic E-state index is 5.13. The molecule has 0 saturated carbocycles. The van der Waals surface area contributed by atoms with Crippen molar-refractivity contribution in [2.45, 2.75) is 37.8 Å². The van der Waals surface area contributed by atoms with Crippen LogP contribution in [0.25, 0.3) is 0 Å². The predicted molar refractivity (Wildman–Crippen MR) is 105 cm³/mol. The molecule has 0 N–H and O–H groups in total. The topological polar surface area (TPSA) is 0 Å². The Morgan fingerprint density at radius 2 is 1.44 bits per heavy atom. The largest absolute Gasteiger partial charge is 0.178 e. The lowest BCUT2D eigenvalue weighted by molar-refractivity contribution is 0.671. The van der Waals surface area contributed by atoms with E-state index in [1.165, 1.54) is 11.5 Å². The van der Waals surface area contributed by atoms with E-state index in [0.29, 0.717) is 19.7 Å². The second kappa shape index (κ2) is 7.63. The molecule has 2 saturated heterocycles. The van der Waals surface area contributed by atoms with Gasteiger partial charge in [-0.15, -0.1) is 47.0 Å². The molecule has 0 amide bonds. The third-order valence-electron chi connectivity index (χ3n) is 3.29. The van der Waals surface area contributed by atoms with E-state index in [-0.39, 0.29) is 4.75 Å². The Morgan fingerprint density at radius 1 is 1.00 bits per heavy atom. The van der Waals surface area contributed by atoms with Gasteiger partial charge in [0.05, 0.1) is 13.9 Å². The average Bonchev–Trinajstić information content (AvgIpc) is 3.06. The summed E-state index contributed by atoms with van der Waals surface area (Å²) in [7, 11) is 0. The van der Waals surface area contributed by atoms with Gasteiger partial charge >= 0.3 is 0 Å². The van der Waals surface area contributed by atoms with Crippen LogP contribution in [0.15, 0.2) is 0 Å². The molecule has 4 atom stereocenters. The molecule has 18 heavy (non-hydrogen) atoms. The zero-order valence-electron chi connectivity index (χ0n) is 10.3. The van der Waals surface area contributed by atoms with Crippen LogP contribution in [-0.2, 0) is 0 Å². The number of rotatable bonds is 5. The fourth-order valence-electron chi connectivity index (χ4n) is 2.06. The van der Waals surface area contributed by atoms with Gasteiger partial charge in [-0.25, -0.2) is 0 Å². The molecule has 4 unspecified atom stereocenters. The van der Waals surface area contributed by atoms with Gasteiger partial charge in [-0.05, 0) is 6.42 Å². The molecule has 0 aromatic heterocycles. The van der Waals surface area contributed by atoms with Crippen LogP contribution in [0.5, 0.6) is 0 Å². The van der Waals surface area contributed by atoms with Gasteiger partial charge in [-0.3, -0.25) is 0 Å². The fraction of sp³-hybridized carbons (Fsp3) is 1.00. The van der Waals surface area contributed by atoms with Gasteiger partial charge in [-0.1, -0.05) is 6.92 Å². The second-order valence-electron chi connectivity index (χ2n) is 4.56. The number of hydrogen-bond acceptors (Lipinski definition) is 7. The maximum atomic E-state index is 5.13. The van der Waals surface area contributed by atoms with Crippen molar-refractivity contribution in [1.29, 1.82) is 0 Å². The highest BCUT2D eigenvalue weighted by atomic mass is 32.2. The van der Waals surface area contributed by atoms with Gasteiger partial charge in [0.1, 0.15) is 0 Å². The lowest BCUT2D eigenvalue weighted by Gasteiger charge is -2.37. The van der Waals surface area contributed by atoms with Crippen molar-refractivity contribution in [1.82, 2.24) is 0 Å². The molecule has 0 aliphatic carbocycles. The van der Waals surface area contributed by atoms with Crippen molar-refractivity contribution in [3.63, 3.8) is 0 Å². The first-order valence-electron chi connectivity index (χ1n) is 6.12. The Kier molecular flexibility index (Phi) is 7.13. The van der Waals surface area contributed by atoms with Crippen molar-refractivity contribution in [3.05, 3.63) is 0 Å². The van der Waals surface area contributed by atoms with Crippen LogP contribution in [0, 0.1) is 0 Å². The molecule has 2 heterocycles. The highest BCUT2D eigenvalue weighted by Crippen LogP contribution is 2.56. The van der Waals surface area contributed by atoms with Crippen LogP contribution in [0.4, 0.5) is 0 Å². The van der Waals surface area contributed by atoms with Gasteiger partial charge in [-0.2, -0.15) is 37.9 Å². The Balaban J connectivity index is 2.02. The Bertz CT molecular complexity index is 250. The minimum Gasteiger partial charge on any atom is -0.178 e. The van der Waals surface area contributed by atoms with Crippen LogP contribution in [0.3, 0.4) is 0 Å². The van der Waals surface area contributed by atoms with Gasteiger partial charge in [0.25, 0.3) is 0 Å². The van der Waals surface area contributed by atoms with Crippen molar-refractivity contribution < 1.29 is 0 Å². The van der Waals surface area contributed by atoms with Gasteiger partial charge in [0.15, 0.2) is 0 Å². The number of hydrogen-bond donors (Lipinski definition) is 3. The van der Waals surface area contributed by atoms with Crippen LogP contribution in [0.1, 0.15) is 13.3 Å². The maximum Gasteiger partial charge on any atom is 0.0669 e. The van der Waals surface area contributed by atoms with Crippen molar-refractivity contribution >= 4 is 84.9 Å². The van der Waals surface area contributed by atoms with E-state index in [0.717, 1.165) is 17.9 Å². The molecule has 0 aromatic rings. The number of thioether (sulfide) groups is 4. The highest BCUT2D eigenvalue weighted by molar-refractivity contribution is 8.23. The summed E-state index contributed by atoms with van der Waals surface area (Å²) in [4.78, 5) is 0. The molecule has 0 spiro atoms. The predicted octanol–water partition coefficient (Wildman–Crippen LogP) is 4.27. The van der Waals surface area contributed by atoms with E-state index in [1.54, 1.807) is 0 Å². The molecule has 2 rings (SSSR count). The van der Waals surface area contributed by atoms with Gasteiger partial charge in [0, 0.05) is 33.5 Å². The zero-order chi connectivity index (χ0) is 13.2. The standard InChI is InChI=1S/C11H20S7/c1-2-11(14,9-15-5-7(3-12)17-9)10-16-6-8(4-13)18-10/h7-10,12-14H,2-6H2,1H3. The first-order valence-corrected chi connectivity index (χ1v) is 11.8. The van der Waals surface area contributed by atoms with Crippen LogP contribution >= 0.6 is 84.9 Å². The van der Waals surface area contributed by atoms with Crippen LogP contribution < -0.4 is 0 Å². The summed E-state index contributed by atoms with van der Waals surface area (Å²) in [5.74, 6) is 4.45. The van der Waals surface area contributed by atoms with E-state index >= 15 is 0 Å². The normalized spacial score (nSPS) is 40.0. The molecule has 106 valence electrons. The molecule has 0 nitrogen and oxygen atoms in total. The molecule has 2 aliphatic heterocycles. The minimum atomic E-state index is 0.139. The van der Waals surface area contributed by atoms with E-state index in [2.05, 4.69) is 79.2 Å². The lowest BCUT2D eigenvalue weighted by atomic mass is 10.1. The summed E-state index contributed by atoms with van der Waals surface area (Å²) >= 11 is 22.4. The molecule has 0 aromatic carbocycles. The van der Waals surface area contributed by atoms with E-state index in [4.69, 9.17) is 12.6 Å². The SMILES string of the molecule is CCC(S)(C1SCC(CS)S1)C1SCC(CS)S1. The first kappa shape index (κ1) is 16.8. The molecule has 2 aliphatic rings. The third-order valence-corrected chi connectivity index (χ3v) is 13.5. The van der Waals surface area contributed by atoms with E-state index < -0.39 is 0 Å². The van der Waals surface area contributed by atoms with Crippen molar-refractivity contribution in [2.24, 2.45) is 0 Å². The first-order chi connectivity index (χ1) is 8.63. The van der Waals surface area contributed by atoms with Crippen molar-refractivity contribution in [3.8, 4) is 0 Å². The Hall–Kier alpha value is 2.45. The van der Waals surface area contributed by atoms with Gasteiger partial charge < -0.3 is 0 Å². The summed E-state index contributed by atoms with van der Waals surface area (Å²) in [6, 6.07) is 0. The van der Waals surface area contributed by atoms with Crippen LogP contribution in [0.2, 0.25) is 0 Å². The Morgan fingerprint density at radius 3 is 1.72 bits per heavy atom. The third kappa shape index (κ3) is 3.61. The summed E-state index contributed by atoms with van der Waals surface area (Å²) in [5.41, 5.74) is 0. The summed E-state index contributed by atoms with van der Waals surface area (Å²) in [5, 5.41) is 1.41. The molecule has 0 bridgehead atoms. The zero-order valence-corrected chi connectivity index (χ0v) is 16.3. The van der Waals surface area contributed by atoms with E-state index in [9.17, 15) is 0 Å². The summed E-state index contributed by atoms with van der Waals surface area (Å²) in [6.45, 7) is 2.29. The summed E-state index contributed by atoms with van der Waals surface area (Å²) < 4.78 is 1.37. The molecule has 7 heteroatoms. The molecular weight excluding hydrogens is 357 g/mol. The molecule has 0 radical (unpaired) electrons. The second-order valence-corrected chi connectivity index (χ2v) is 11.8. The summed E-state index contributed by atoms with van der Waals surface area (Å²) in [6.07, 6.45) is 1.14. The minimum absolute atomic E-state index is 0.139. The number of thiol groups is 3. The smallest absolute Gasteiger partial charge is 0.0669 e. The van der Waals surface area contributed by atoms with E-state index in [1.807, 2.05) is 0 Å².